The van der Waals surface area contributed by atoms with Crippen LogP contribution < -0.4 is 0 Å². The average Bonchev–Trinajstić information content (AvgIpc) is 2.91. The number of fused-ring (bicyclic) bond motifs is 1. The minimum atomic E-state index is -0.237. The molecule has 1 aromatic heterocycles. The number of aryl methyl sites for hydroxylation is 1. The molecule has 1 atom stereocenters. The number of H-pyrrole nitrogens is 1. The van der Waals surface area contributed by atoms with E-state index in [9.17, 15) is 14.4 Å². The molecule has 0 bridgehead atoms. The van der Waals surface area contributed by atoms with Crippen LogP contribution in [0.3, 0.4) is 0 Å². The smallest absolute Gasteiger partial charge is 0.212 e. The Hall–Kier alpha value is -2.17. The van der Waals surface area contributed by atoms with Crippen molar-refractivity contribution in [1.82, 2.24) is 9.88 Å². The molecule has 1 unspecified atom stereocenters. The molecule has 5 heteroatoms. The van der Waals surface area contributed by atoms with Gasteiger partial charge in [-0.1, -0.05) is 0 Å². The van der Waals surface area contributed by atoms with E-state index >= 15 is 0 Å². The summed E-state index contributed by atoms with van der Waals surface area (Å²) in [7, 11) is 0. The topological polar surface area (TPSA) is 70.0 Å². The minimum Gasteiger partial charge on any atom is -0.362 e. The zero-order valence-electron chi connectivity index (χ0n) is 11.0. The van der Waals surface area contributed by atoms with Crippen LogP contribution in [0, 0.1) is 6.92 Å². The van der Waals surface area contributed by atoms with Gasteiger partial charge < -0.3 is 9.88 Å². The van der Waals surface area contributed by atoms with Gasteiger partial charge in [0.15, 0.2) is 5.78 Å². The first kappa shape index (κ1) is 11.9. The maximum absolute atomic E-state index is 12.5. The molecule has 1 saturated heterocycles. The molecule has 1 aliphatic heterocycles. The van der Waals surface area contributed by atoms with Crippen LogP contribution in [0.2, 0.25) is 0 Å². The van der Waals surface area contributed by atoms with Gasteiger partial charge in [-0.15, -0.1) is 0 Å². The van der Waals surface area contributed by atoms with Gasteiger partial charge in [-0.3, -0.25) is 14.4 Å². The molecule has 1 N–H and O–H groups in total. The SMILES string of the molecule is CC(=O)c1c(C)[nH]c2c1C(=O)C(N1CC1C)=CC2=O. The standard InChI is InChI=1S/C14H14N2O3/c1-6-5-16(6)9-4-10(18)13-12(14(9)19)11(8(3)17)7(2)15-13/h4,6,15H,5H2,1-3H3. The van der Waals surface area contributed by atoms with Crippen molar-refractivity contribution in [3.05, 3.63) is 34.3 Å². The van der Waals surface area contributed by atoms with E-state index in [4.69, 9.17) is 0 Å². The molecule has 0 radical (unpaired) electrons. The average molecular weight is 258 g/mol. The quantitative estimate of drug-likeness (QED) is 0.644. The number of hydrogen-bond donors (Lipinski definition) is 1. The van der Waals surface area contributed by atoms with Gasteiger partial charge in [0, 0.05) is 29.9 Å². The molecular weight excluding hydrogens is 244 g/mol. The summed E-state index contributed by atoms with van der Waals surface area (Å²) in [4.78, 5) is 41.0. The lowest BCUT2D eigenvalue weighted by atomic mass is 9.93. The number of carbonyl (C=O) groups is 3. The van der Waals surface area contributed by atoms with E-state index in [2.05, 4.69) is 4.98 Å². The lowest BCUT2D eigenvalue weighted by molar-refractivity contribution is 0.0958. The number of hydrogen-bond acceptors (Lipinski definition) is 4. The molecule has 3 rings (SSSR count). The zero-order chi connectivity index (χ0) is 13.9. The van der Waals surface area contributed by atoms with Crippen molar-refractivity contribution < 1.29 is 14.4 Å². The summed E-state index contributed by atoms with van der Waals surface area (Å²) in [5, 5.41) is 0. The van der Waals surface area contributed by atoms with Crippen LogP contribution in [0.5, 0.6) is 0 Å². The van der Waals surface area contributed by atoms with E-state index in [1.165, 1.54) is 13.0 Å². The maximum atomic E-state index is 12.5. The van der Waals surface area contributed by atoms with Gasteiger partial charge in [0.2, 0.25) is 11.6 Å². The van der Waals surface area contributed by atoms with Crippen LogP contribution in [0.4, 0.5) is 0 Å². The van der Waals surface area contributed by atoms with Gasteiger partial charge >= 0.3 is 0 Å². The summed E-state index contributed by atoms with van der Waals surface area (Å²) in [6, 6.07) is 0.283. The summed E-state index contributed by atoms with van der Waals surface area (Å²) in [5.74, 6) is -0.663. The summed E-state index contributed by atoms with van der Waals surface area (Å²) in [5.41, 5.74) is 1.81. The molecule has 2 aliphatic rings. The largest absolute Gasteiger partial charge is 0.362 e. The molecular formula is C14H14N2O3. The van der Waals surface area contributed by atoms with Crippen molar-refractivity contribution in [3.63, 3.8) is 0 Å². The molecule has 1 fully saturated rings. The number of aromatic amines is 1. The number of carbonyl (C=O) groups excluding carboxylic acids is 3. The van der Waals surface area contributed by atoms with Crippen molar-refractivity contribution in [2.45, 2.75) is 26.8 Å². The Morgan fingerprint density at radius 3 is 2.58 bits per heavy atom. The fourth-order valence-corrected chi connectivity index (χ4v) is 2.65. The van der Waals surface area contributed by atoms with Crippen LogP contribution in [-0.2, 0) is 0 Å². The van der Waals surface area contributed by atoms with Gasteiger partial charge in [0.1, 0.15) is 0 Å². The number of ketones is 3. The van der Waals surface area contributed by atoms with Gasteiger partial charge in [-0.05, 0) is 20.8 Å². The second-order valence-corrected chi connectivity index (χ2v) is 5.16. The number of Topliss-reactive ketones (excluding diaryl/α,β-unsaturated/α-hetero) is 2. The van der Waals surface area contributed by atoms with Crippen molar-refractivity contribution in [2.24, 2.45) is 0 Å². The Balaban J connectivity index is 2.17. The molecule has 0 amide bonds. The monoisotopic (exact) mass is 258 g/mol. The number of aromatic nitrogens is 1. The first-order valence-electron chi connectivity index (χ1n) is 6.22. The van der Waals surface area contributed by atoms with Gasteiger partial charge in [0.05, 0.1) is 17.0 Å². The van der Waals surface area contributed by atoms with Crippen molar-refractivity contribution in [2.75, 3.05) is 6.54 Å². The Morgan fingerprint density at radius 1 is 1.42 bits per heavy atom. The van der Waals surface area contributed by atoms with E-state index < -0.39 is 0 Å². The normalized spacial score (nSPS) is 21.3. The minimum absolute atomic E-state index is 0.198. The summed E-state index contributed by atoms with van der Waals surface area (Å²) < 4.78 is 0. The fourth-order valence-electron chi connectivity index (χ4n) is 2.65. The van der Waals surface area contributed by atoms with E-state index in [0.717, 1.165) is 6.54 Å². The van der Waals surface area contributed by atoms with Crippen LogP contribution in [0.1, 0.15) is 50.7 Å². The fraction of sp³-hybridized carbons (Fsp3) is 0.357. The predicted octanol–water partition coefficient (Wildman–Crippen LogP) is 1.49. The highest BCUT2D eigenvalue weighted by molar-refractivity contribution is 6.27. The van der Waals surface area contributed by atoms with Crippen molar-refractivity contribution in [3.8, 4) is 0 Å². The third kappa shape index (κ3) is 1.58. The summed E-state index contributed by atoms with van der Waals surface area (Å²) in [6.07, 6.45) is 1.37. The third-order valence-electron chi connectivity index (χ3n) is 3.68. The number of nitrogens with zero attached hydrogens (tertiary/aromatic N) is 1. The molecule has 5 nitrogen and oxygen atoms in total. The Morgan fingerprint density at radius 2 is 2.05 bits per heavy atom. The summed E-state index contributed by atoms with van der Waals surface area (Å²) >= 11 is 0. The second kappa shape index (κ2) is 3.66. The molecule has 19 heavy (non-hydrogen) atoms. The van der Waals surface area contributed by atoms with Gasteiger partial charge in [0.25, 0.3) is 0 Å². The Kier molecular flexibility index (Phi) is 2.29. The van der Waals surface area contributed by atoms with E-state index in [0.29, 0.717) is 17.0 Å². The second-order valence-electron chi connectivity index (χ2n) is 5.16. The predicted molar refractivity (Wildman–Crippen MR) is 68.4 cm³/mol. The first-order chi connectivity index (χ1) is 8.91. The lowest BCUT2D eigenvalue weighted by Crippen LogP contribution is -2.22. The molecule has 0 aromatic carbocycles. The van der Waals surface area contributed by atoms with Crippen LogP contribution in [0.25, 0.3) is 0 Å². The van der Waals surface area contributed by atoms with E-state index in [1.807, 2.05) is 11.8 Å². The highest BCUT2D eigenvalue weighted by atomic mass is 16.1. The van der Waals surface area contributed by atoms with Crippen molar-refractivity contribution >= 4 is 17.3 Å². The molecule has 1 aliphatic carbocycles. The highest BCUT2D eigenvalue weighted by Gasteiger charge is 2.41. The lowest BCUT2D eigenvalue weighted by Gasteiger charge is -2.14. The Bertz CT molecular complexity index is 666. The van der Waals surface area contributed by atoms with Gasteiger partial charge in [-0.25, -0.2) is 0 Å². The molecule has 0 saturated carbocycles. The molecule has 2 heterocycles. The maximum Gasteiger partial charge on any atom is 0.212 e. The van der Waals surface area contributed by atoms with E-state index in [1.54, 1.807) is 6.92 Å². The summed E-state index contributed by atoms with van der Waals surface area (Å²) in [6.45, 7) is 5.88. The third-order valence-corrected chi connectivity index (χ3v) is 3.68. The Labute approximate surface area is 110 Å². The number of nitrogens with one attached hydrogen (secondary N) is 1. The van der Waals surface area contributed by atoms with Crippen molar-refractivity contribution in [1.29, 1.82) is 0 Å². The van der Waals surface area contributed by atoms with Crippen LogP contribution in [0.15, 0.2) is 11.8 Å². The van der Waals surface area contributed by atoms with Crippen LogP contribution >= 0.6 is 0 Å². The van der Waals surface area contributed by atoms with Crippen LogP contribution in [-0.4, -0.2) is 39.8 Å². The molecule has 1 aromatic rings. The zero-order valence-corrected chi connectivity index (χ0v) is 11.0. The van der Waals surface area contributed by atoms with Gasteiger partial charge in [-0.2, -0.15) is 0 Å². The first-order valence-corrected chi connectivity index (χ1v) is 6.22. The van der Waals surface area contributed by atoms with E-state index in [-0.39, 0.29) is 34.6 Å². The molecule has 98 valence electrons. The number of allylic oxidation sites excluding steroid dienone is 2. The highest BCUT2D eigenvalue weighted by Crippen LogP contribution is 2.33. The molecule has 0 spiro atoms. The number of rotatable bonds is 2.